The van der Waals surface area contributed by atoms with E-state index < -0.39 is 6.09 Å². The molecule has 3 N–H and O–H groups in total. The van der Waals surface area contributed by atoms with Gasteiger partial charge in [0.15, 0.2) is 0 Å². The number of anilines is 2. The summed E-state index contributed by atoms with van der Waals surface area (Å²) >= 11 is 0. The first-order valence-corrected chi connectivity index (χ1v) is 8.44. The minimum Gasteiger partial charge on any atom is -0.493 e. The van der Waals surface area contributed by atoms with Crippen LogP contribution in [-0.4, -0.2) is 37.6 Å². The Labute approximate surface area is 155 Å². The molecular weight excluding hydrogens is 348 g/mol. The Kier molecular flexibility index (Phi) is 4.33. The predicted molar refractivity (Wildman–Crippen MR) is 98.0 cm³/mol. The summed E-state index contributed by atoms with van der Waals surface area (Å²) in [5, 5.41) is 18.7. The molecule has 1 atom stereocenters. The lowest BCUT2D eigenvalue weighted by molar-refractivity contribution is 0.182. The van der Waals surface area contributed by atoms with Crippen LogP contribution in [0.2, 0.25) is 0 Å². The number of benzene rings is 1. The summed E-state index contributed by atoms with van der Waals surface area (Å²) in [6, 6.07) is 7.20. The van der Waals surface area contributed by atoms with Crippen molar-refractivity contribution >= 4 is 17.7 Å². The van der Waals surface area contributed by atoms with Gasteiger partial charge in [0, 0.05) is 37.0 Å². The van der Waals surface area contributed by atoms with Crippen molar-refractivity contribution in [2.24, 2.45) is 7.05 Å². The van der Waals surface area contributed by atoms with Crippen molar-refractivity contribution < 1.29 is 14.6 Å². The molecular formula is C18H18N6O3. The van der Waals surface area contributed by atoms with Crippen LogP contribution in [0.4, 0.5) is 16.4 Å². The Balaban J connectivity index is 1.60. The van der Waals surface area contributed by atoms with E-state index in [0.29, 0.717) is 24.7 Å². The average molecular weight is 366 g/mol. The second-order valence-corrected chi connectivity index (χ2v) is 6.18. The van der Waals surface area contributed by atoms with E-state index in [-0.39, 0.29) is 6.04 Å². The van der Waals surface area contributed by atoms with E-state index in [4.69, 9.17) is 9.84 Å². The Morgan fingerprint density at radius 3 is 3.04 bits per heavy atom. The van der Waals surface area contributed by atoms with Crippen LogP contribution in [0.15, 0.2) is 42.9 Å². The van der Waals surface area contributed by atoms with Crippen LogP contribution in [0.25, 0.3) is 11.3 Å². The van der Waals surface area contributed by atoms with E-state index >= 15 is 0 Å². The molecule has 138 valence electrons. The molecule has 0 radical (unpaired) electrons. The summed E-state index contributed by atoms with van der Waals surface area (Å²) in [6.07, 6.45) is 4.76. The molecule has 2 aromatic heterocycles. The van der Waals surface area contributed by atoms with Crippen LogP contribution < -0.4 is 15.4 Å². The van der Waals surface area contributed by atoms with Gasteiger partial charge in [0.25, 0.3) is 0 Å². The van der Waals surface area contributed by atoms with E-state index in [0.717, 1.165) is 22.5 Å². The van der Waals surface area contributed by atoms with Gasteiger partial charge in [0.05, 0.1) is 30.2 Å². The number of hydrogen-bond donors (Lipinski definition) is 3. The predicted octanol–water partition coefficient (Wildman–Crippen LogP) is 2.71. The highest BCUT2D eigenvalue weighted by atomic mass is 16.5. The average Bonchev–Trinajstić information content (AvgIpc) is 3.06. The zero-order valence-corrected chi connectivity index (χ0v) is 14.6. The molecule has 0 bridgehead atoms. The number of nitrogens with zero attached hydrogens (tertiary/aromatic N) is 4. The normalized spacial score (nSPS) is 15.5. The highest BCUT2D eigenvalue weighted by Gasteiger charge is 2.23. The number of fused-ring (bicyclic) bond motifs is 1. The summed E-state index contributed by atoms with van der Waals surface area (Å²) in [4.78, 5) is 19.7. The maximum absolute atomic E-state index is 11.0. The number of aryl methyl sites for hydroxylation is 1. The van der Waals surface area contributed by atoms with Gasteiger partial charge in [-0.2, -0.15) is 5.10 Å². The smallest absolute Gasteiger partial charge is 0.405 e. The van der Waals surface area contributed by atoms with Crippen LogP contribution >= 0.6 is 0 Å². The van der Waals surface area contributed by atoms with Crippen molar-refractivity contribution in [3.8, 4) is 17.0 Å². The molecule has 1 aliphatic rings. The molecule has 1 unspecified atom stereocenters. The largest absolute Gasteiger partial charge is 0.493 e. The monoisotopic (exact) mass is 366 g/mol. The van der Waals surface area contributed by atoms with E-state index in [1.807, 2.05) is 37.5 Å². The molecule has 0 spiro atoms. The molecule has 0 fully saturated rings. The summed E-state index contributed by atoms with van der Waals surface area (Å²) < 4.78 is 7.41. The van der Waals surface area contributed by atoms with Crippen molar-refractivity contribution in [2.45, 2.75) is 12.5 Å². The number of rotatable bonds is 4. The van der Waals surface area contributed by atoms with Crippen LogP contribution in [0.1, 0.15) is 18.0 Å². The third-order valence-corrected chi connectivity index (χ3v) is 4.26. The van der Waals surface area contributed by atoms with Crippen LogP contribution in [-0.2, 0) is 7.05 Å². The quantitative estimate of drug-likeness (QED) is 0.650. The molecule has 0 saturated carbocycles. The van der Waals surface area contributed by atoms with E-state index in [2.05, 4.69) is 25.7 Å². The Morgan fingerprint density at radius 1 is 1.37 bits per heavy atom. The number of amides is 1. The maximum Gasteiger partial charge on any atom is 0.405 e. The lowest BCUT2D eigenvalue weighted by Crippen LogP contribution is -2.30. The fourth-order valence-electron chi connectivity index (χ4n) is 3.04. The molecule has 0 aliphatic carbocycles. The summed E-state index contributed by atoms with van der Waals surface area (Å²) in [5.41, 5.74) is 3.22. The summed E-state index contributed by atoms with van der Waals surface area (Å²) in [7, 11) is 1.84. The SMILES string of the molecule is Cn1cc(Nc2nccc(-c3ccc4c(c3)OCCC4NC(=O)O)n2)cn1. The fraction of sp³-hybridized carbons (Fsp3) is 0.222. The minimum absolute atomic E-state index is 0.270. The van der Waals surface area contributed by atoms with Crippen molar-refractivity contribution in [3.05, 3.63) is 48.4 Å². The highest BCUT2D eigenvalue weighted by molar-refractivity contribution is 5.67. The second kappa shape index (κ2) is 6.94. The number of ether oxygens (including phenoxy) is 1. The number of nitrogens with one attached hydrogen (secondary N) is 2. The molecule has 1 amide bonds. The zero-order valence-electron chi connectivity index (χ0n) is 14.6. The standard InChI is InChI=1S/C18H18N6O3/c1-24-10-12(9-20-24)21-17-19-6-4-14(22-17)11-2-3-13-15(23-18(25)26)5-7-27-16(13)8-11/h2-4,6,8-10,15,23H,5,7H2,1H3,(H,25,26)(H,19,21,22). The highest BCUT2D eigenvalue weighted by Crippen LogP contribution is 2.35. The Hall–Kier alpha value is -3.62. The van der Waals surface area contributed by atoms with E-state index in [1.165, 1.54) is 0 Å². The Bertz CT molecular complexity index is 987. The van der Waals surface area contributed by atoms with Crippen LogP contribution in [0.5, 0.6) is 5.75 Å². The number of carboxylic acid groups (broad SMARTS) is 1. The molecule has 1 aliphatic heterocycles. The minimum atomic E-state index is -1.04. The fourth-order valence-corrected chi connectivity index (χ4v) is 3.04. The van der Waals surface area contributed by atoms with Gasteiger partial charge in [-0.3, -0.25) is 4.68 Å². The number of aromatic nitrogens is 4. The van der Waals surface area contributed by atoms with Gasteiger partial charge in [-0.15, -0.1) is 0 Å². The number of hydrogen-bond acceptors (Lipinski definition) is 6. The third-order valence-electron chi connectivity index (χ3n) is 4.26. The van der Waals surface area contributed by atoms with Crippen molar-refractivity contribution in [1.82, 2.24) is 25.1 Å². The lowest BCUT2D eigenvalue weighted by Gasteiger charge is -2.26. The van der Waals surface area contributed by atoms with Gasteiger partial charge in [-0.1, -0.05) is 12.1 Å². The zero-order chi connectivity index (χ0) is 18.8. The second-order valence-electron chi connectivity index (χ2n) is 6.18. The Morgan fingerprint density at radius 2 is 2.26 bits per heavy atom. The topological polar surface area (TPSA) is 114 Å². The van der Waals surface area contributed by atoms with Crippen LogP contribution in [0.3, 0.4) is 0 Å². The van der Waals surface area contributed by atoms with E-state index in [9.17, 15) is 4.79 Å². The molecule has 3 heterocycles. The molecule has 1 aromatic carbocycles. The molecule has 0 saturated heterocycles. The van der Waals surface area contributed by atoms with Gasteiger partial charge in [-0.05, 0) is 12.1 Å². The third kappa shape index (κ3) is 3.66. The molecule has 27 heavy (non-hydrogen) atoms. The van der Waals surface area contributed by atoms with E-state index in [1.54, 1.807) is 17.1 Å². The van der Waals surface area contributed by atoms with Crippen molar-refractivity contribution in [1.29, 1.82) is 0 Å². The number of carbonyl (C=O) groups is 1. The van der Waals surface area contributed by atoms with Crippen molar-refractivity contribution in [2.75, 3.05) is 11.9 Å². The molecule has 9 heteroatoms. The molecule has 9 nitrogen and oxygen atoms in total. The van der Waals surface area contributed by atoms with Gasteiger partial charge in [-0.25, -0.2) is 14.8 Å². The van der Waals surface area contributed by atoms with Gasteiger partial charge in [0.2, 0.25) is 5.95 Å². The summed E-state index contributed by atoms with van der Waals surface area (Å²) in [5.74, 6) is 1.13. The first-order valence-electron chi connectivity index (χ1n) is 8.44. The maximum atomic E-state index is 11.0. The van der Waals surface area contributed by atoms with Gasteiger partial charge < -0.3 is 20.5 Å². The first kappa shape index (κ1) is 16.8. The van der Waals surface area contributed by atoms with Gasteiger partial charge >= 0.3 is 6.09 Å². The first-order chi connectivity index (χ1) is 13.1. The van der Waals surface area contributed by atoms with Crippen molar-refractivity contribution in [3.63, 3.8) is 0 Å². The van der Waals surface area contributed by atoms with Crippen LogP contribution in [0, 0.1) is 0 Å². The van der Waals surface area contributed by atoms with Gasteiger partial charge in [0.1, 0.15) is 5.75 Å². The molecule has 3 aromatic rings. The molecule has 4 rings (SSSR count). The lowest BCUT2D eigenvalue weighted by atomic mass is 9.98. The summed E-state index contributed by atoms with van der Waals surface area (Å²) in [6.45, 7) is 0.457.